The quantitative estimate of drug-likeness (QED) is 0.423. The highest BCUT2D eigenvalue weighted by atomic mass is 32.2. The number of carbonyl (C=O) groups is 1. The molecule has 2 aromatic carbocycles. The summed E-state index contributed by atoms with van der Waals surface area (Å²) in [5.41, 5.74) is 1.94. The normalized spacial score (nSPS) is 15.1. The lowest BCUT2D eigenvalue weighted by Crippen LogP contribution is -2.40. The Hall–Kier alpha value is -3.53. The first kappa shape index (κ1) is 23.6. The average molecular weight is 486 g/mol. The van der Waals surface area contributed by atoms with Crippen molar-refractivity contribution in [2.45, 2.75) is 24.5 Å². The van der Waals surface area contributed by atoms with E-state index in [9.17, 15) is 19.1 Å². The van der Waals surface area contributed by atoms with E-state index >= 15 is 0 Å². The van der Waals surface area contributed by atoms with Crippen LogP contribution in [0.25, 0.3) is 5.69 Å². The second kappa shape index (κ2) is 9.76. The van der Waals surface area contributed by atoms with Gasteiger partial charge in [-0.25, -0.2) is 4.39 Å². The monoisotopic (exact) mass is 485 g/mol. The highest BCUT2D eigenvalue weighted by Crippen LogP contribution is 2.38. The zero-order chi connectivity index (χ0) is 24.4. The van der Waals surface area contributed by atoms with E-state index in [1.165, 1.54) is 28.8 Å². The zero-order valence-corrected chi connectivity index (χ0v) is 19.8. The highest BCUT2D eigenvalue weighted by molar-refractivity contribution is 7.99. The second-order valence-electron chi connectivity index (χ2n) is 7.75. The number of amides is 1. The van der Waals surface area contributed by atoms with Gasteiger partial charge < -0.3 is 19.5 Å². The Kier molecular flexibility index (Phi) is 6.78. The Balaban J connectivity index is 1.56. The summed E-state index contributed by atoms with van der Waals surface area (Å²) < 4.78 is 25.4. The van der Waals surface area contributed by atoms with E-state index in [1.54, 1.807) is 19.1 Å². The van der Waals surface area contributed by atoms with Crippen molar-refractivity contribution in [3.05, 3.63) is 69.8 Å². The van der Waals surface area contributed by atoms with Crippen molar-refractivity contribution in [3.8, 4) is 23.1 Å². The zero-order valence-electron chi connectivity index (χ0n) is 18.9. The predicted molar refractivity (Wildman–Crippen MR) is 126 cm³/mol. The van der Waals surface area contributed by atoms with Crippen LogP contribution in [-0.2, 0) is 11.2 Å². The summed E-state index contributed by atoms with van der Waals surface area (Å²) in [6.07, 6.45) is 0.668. The fourth-order valence-corrected chi connectivity index (χ4v) is 4.97. The van der Waals surface area contributed by atoms with Gasteiger partial charge in [-0.1, -0.05) is 11.8 Å². The lowest BCUT2D eigenvalue weighted by Gasteiger charge is -2.35. The van der Waals surface area contributed by atoms with Gasteiger partial charge in [0, 0.05) is 6.54 Å². The van der Waals surface area contributed by atoms with E-state index < -0.39 is 17.3 Å². The molecule has 3 aromatic rings. The maximum Gasteiger partial charge on any atom is 0.262 e. The first-order valence-electron chi connectivity index (χ1n) is 10.6. The molecule has 1 atom stereocenters. The fraction of sp³-hybridized carbons (Fsp3) is 0.292. The third-order valence-electron chi connectivity index (χ3n) is 5.79. The van der Waals surface area contributed by atoms with Crippen LogP contribution >= 0.6 is 11.8 Å². The molecule has 1 aliphatic rings. The van der Waals surface area contributed by atoms with Crippen molar-refractivity contribution in [3.63, 3.8) is 0 Å². The van der Waals surface area contributed by atoms with Gasteiger partial charge in [0.25, 0.3) is 5.56 Å². The summed E-state index contributed by atoms with van der Waals surface area (Å²) in [6, 6.07) is 9.95. The Labute approximate surface area is 200 Å². The minimum Gasteiger partial charge on any atom is -0.493 e. The number of rotatable bonds is 6. The van der Waals surface area contributed by atoms with Crippen molar-refractivity contribution >= 4 is 17.7 Å². The number of aromatic hydroxyl groups is 1. The third kappa shape index (κ3) is 4.58. The molecular formula is C24H24FN3O5S. The van der Waals surface area contributed by atoms with Crippen molar-refractivity contribution in [1.29, 1.82) is 0 Å². The summed E-state index contributed by atoms with van der Waals surface area (Å²) in [5, 5.41) is 9.99. The predicted octanol–water partition coefficient (Wildman–Crippen LogP) is 3.33. The van der Waals surface area contributed by atoms with E-state index in [4.69, 9.17) is 9.47 Å². The number of ether oxygens (including phenoxy) is 2. The highest BCUT2D eigenvalue weighted by Gasteiger charge is 2.29. The largest absolute Gasteiger partial charge is 0.493 e. The molecule has 1 N–H and O–H groups in total. The van der Waals surface area contributed by atoms with Crippen LogP contribution in [0.4, 0.5) is 4.39 Å². The molecule has 0 saturated carbocycles. The number of hydrogen-bond donors (Lipinski definition) is 1. The Morgan fingerprint density at radius 3 is 2.53 bits per heavy atom. The molecule has 1 aliphatic heterocycles. The van der Waals surface area contributed by atoms with Gasteiger partial charge in [-0.15, -0.1) is 0 Å². The number of carbonyl (C=O) groups excluding carboxylic acids is 1. The molecule has 0 aliphatic carbocycles. The van der Waals surface area contributed by atoms with Gasteiger partial charge in [0.2, 0.25) is 11.8 Å². The number of benzene rings is 2. The van der Waals surface area contributed by atoms with Crippen molar-refractivity contribution in [2.24, 2.45) is 0 Å². The average Bonchev–Trinajstić information content (AvgIpc) is 2.82. The Bertz CT molecular complexity index is 1280. The number of methoxy groups -OCH3 is 2. The van der Waals surface area contributed by atoms with E-state index in [2.05, 4.69) is 4.98 Å². The van der Waals surface area contributed by atoms with Gasteiger partial charge in [-0.3, -0.25) is 14.2 Å². The minimum absolute atomic E-state index is 0.00402. The van der Waals surface area contributed by atoms with Gasteiger partial charge in [0.15, 0.2) is 16.7 Å². The summed E-state index contributed by atoms with van der Waals surface area (Å²) in [4.78, 5) is 31.5. The van der Waals surface area contributed by atoms with Crippen molar-refractivity contribution in [2.75, 3.05) is 26.5 Å². The van der Waals surface area contributed by atoms with Gasteiger partial charge in [-0.05, 0) is 60.9 Å². The van der Waals surface area contributed by atoms with Crippen LogP contribution in [0.5, 0.6) is 17.4 Å². The second-order valence-corrected chi connectivity index (χ2v) is 8.70. The lowest BCUT2D eigenvalue weighted by atomic mass is 9.93. The van der Waals surface area contributed by atoms with Gasteiger partial charge in [-0.2, -0.15) is 4.98 Å². The summed E-state index contributed by atoms with van der Waals surface area (Å²) in [7, 11) is 3.16. The molecular weight excluding hydrogens is 461 g/mol. The molecule has 1 aromatic heterocycles. The summed E-state index contributed by atoms with van der Waals surface area (Å²) >= 11 is 1.04. The molecule has 0 unspecified atom stereocenters. The van der Waals surface area contributed by atoms with Crippen LogP contribution < -0.4 is 15.0 Å². The standard InChI is InChI=1S/C24H24FN3O5S/c1-14-18-11-20(33-3)19(32-2)10-15(18)8-9-27(14)23(31)13-34-24-26-21(29)12-22(30)28(24)17-6-4-16(25)5-7-17/h4-7,10-12,14,29H,8-9,13H2,1-3H3/t14-/m0/s1. The van der Waals surface area contributed by atoms with E-state index in [0.29, 0.717) is 30.2 Å². The maximum absolute atomic E-state index is 13.3. The minimum atomic E-state index is -0.532. The third-order valence-corrected chi connectivity index (χ3v) is 6.71. The van der Waals surface area contributed by atoms with Crippen LogP contribution in [0.15, 0.2) is 52.4 Å². The van der Waals surface area contributed by atoms with Crippen molar-refractivity contribution in [1.82, 2.24) is 14.5 Å². The molecule has 0 radical (unpaired) electrons. The van der Waals surface area contributed by atoms with Crippen LogP contribution in [-0.4, -0.2) is 52.0 Å². The summed E-state index contributed by atoms with van der Waals surface area (Å²) in [6.45, 7) is 2.48. The molecule has 0 spiro atoms. The Morgan fingerprint density at radius 2 is 1.85 bits per heavy atom. The fourth-order valence-electron chi connectivity index (χ4n) is 4.07. The van der Waals surface area contributed by atoms with E-state index in [1.807, 2.05) is 19.1 Å². The number of halogens is 1. The van der Waals surface area contributed by atoms with E-state index in [-0.39, 0.29) is 22.9 Å². The number of nitrogens with zero attached hydrogens (tertiary/aromatic N) is 3. The van der Waals surface area contributed by atoms with Crippen molar-refractivity contribution < 1.29 is 23.8 Å². The molecule has 0 bridgehead atoms. The lowest BCUT2D eigenvalue weighted by molar-refractivity contribution is -0.130. The van der Waals surface area contributed by atoms with Crippen LogP contribution in [0.2, 0.25) is 0 Å². The molecule has 34 heavy (non-hydrogen) atoms. The summed E-state index contributed by atoms with van der Waals surface area (Å²) in [5.74, 6) is 0.230. The number of thioether (sulfide) groups is 1. The molecule has 8 nitrogen and oxygen atoms in total. The Morgan fingerprint density at radius 1 is 1.18 bits per heavy atom. The van der Waals surface area contributed by atoms with Gasteiger partial charge in [0.1, 0.15) is 5.82 Å². The first-order chi connectivity index (χ1) is 16.3. The number of fused-ring (bicyclic) bond motifs is 1. The molecule has 0 fully saturated rings. The van der Waals surface area contributed by atoms with Crippen LogP contribution in [0, 0.1) is 5.82 Å². The maximum atomic E-state index is 13.3. The number of aromatic nitrogens is 2. The smallest absolute Gasteiger partial charge is 0.262 e. The van der Waals surface area contributed by atoms with Crippen LogP contribution in [0.1, 0.15) is 24.1 Å². The molecule has 1 amide bonds. The van der Waals surface area contributed by atoms with Crippen LogP contribution in [0.3, 0.4) is 0 Å². The molecule has 4 rings (SSSR count). The topological polar surface area (TPSA) is 93.9 Å². The SMILES string of the molecule is COc1cc2c(cc1OC)[C@H](C)N(C(=O)CSc1nc(O)cc(=O)n1-c1ccc(F)cc1)CC2. The molecule has 2 heterocycles. The molecule has 0 saturated heterocycles. The van der Waals surface area contributed by atoms with E-state index in [0.717, 1.165) is 29.0 Å². The first-order valence-corrected chi connectivity index (χ1v) is 11.6. The molecule has 10 heteroatoms. The van der Waals surface area contributed by atoms with Gasteiger partial charge in [0.05, 0.1) is 37.8 Å². The number of hydrogen-bond acceptors (Lipinski definition) is 7. The molecule has 178 valence electrons. The van der Waals surface area contributed by atoms with Gasteiger partial charge >= 0.3 is 0 Å².